The third-order valence-corrected chi connectivity index (χ3v) is 7.05. The largest absolute Gasteiger partial charge is 0.507 e. The molecule has 0 aromatic heterocycles. The number of amides is 2. The van der Waals surface area contributed by atoms with Crippen molar-refractivity contribution >= 4 is 18.0 Å². The number of hydrogen-bond acceptors (Lipinski definition) is 7. The van der Waals surface area contributed by atoms with E-state index in [1.165, 1.54) is 12.0 Å². The van der Waals surface area contributed by atoms with Crippen LogP contribution in [0.5, 0.6) is 11.5 Å². The molecule has 3 rings (SSSR count). The average Bonchev–Trinajstić information content (AvgIpc) is 3.36. The van der Waals surface area contributed by atoms with Crippen molar-refractivity contribution in [2.75, 3.05) is 13.7 Å². The molecule has 3 atom stereocenters. The summed E-state index contributed by atoms with van der Waals surface area (Å²) in [5.74, 6) is -0.911. The molecule has 1 aromatic rings. The first-order valence-electron chi connectivity index (χ1n) is 11.3. The van der Waals surface area contributed by atoms with E-state index in [1.807, 2.05) is 40.7 Å². The monoisotopic (exact) mass is 459 g/mol. The highest BCUT2D eigenvalue weighted by molar-refractivity contribution is 5.98. The molecule has 0 bridgehead atoms. The van der Waals surface area contributed by atoms with E-state index in [9.17, 15) is 19.5 Å². The predicted molar refractivity (Wildman–Crippen MR) is 121 cm³/mol. The van der Waals surface area contributed by atoms with Crippen molar-refractivity contribution in [3.05, 3.63) is 33.9 Å². The molecule has 2 aliphatic rings. The van der Waals surface area contributed by atoms with Gasteiger partial charge in [0.1, 0.15) is 30.3 Å². The van der Waals surface area contributed by atoms with Crippen LogP contribution in [0.15, 0.2) is 11.6 Å². The van der Waals surface area contributed by atoms with E-state index in [-0.39, 0.29) is 48.3 Å². The summed E-state index contributed by atoms with van der Waals surface area (Å²) in [7, 11) is 1.52. The predicted octanol–water partition coefficient (Wildman–Crippen LogP) is 4.14. The average molecular weight is 460 g/mol. The number of hydrogen-bond donors (Lipinski definition) is 1. The highest BCUT2D eigenvalue weighted by Crippen LogP contribution is 2.42. The maximum absolute atomic E-state index is 13.1. The van der Waals surface area contributed by atoms with Gasteiger partial charge in [0.05, 0.1) is 13.2 Å². The molecule has 0 aliphatic carbocycles. The van der Waals surface area contributed by atoms with Crippen molar-refractivity contribution in [2.45, 2.75) is 60.6 Å². The summed E-state index contributed by atoms with van der Waals surface area (Å²) in [6, 6.07) is -0.265. The molecule has 1 N–H and O–H groups in total. The Balaban J connectivity index is 1.83. The molecule has 2 aliphatic heterocycles. The van der Waals surface area contributed by atoms with E-state index >= 15 is 0 Å². The smallest absolute Gasteiger partial charge is 0.416 e. The van der Waals surface area contributed by atoms with Gasteiger partial charge in [0.25, 0.3) is 0 Å². The van der Waals surface area contributed by atoms with Gasteiger partial charge in [-0.05, 0) is 37.7 Å². The van der Waals surface area contributed by atoms with E-state index in [0.717, 1.165) is 11.1 Å². The number of esters is 1. The number of carbonyl (C=O) groups is 3. The number of phenols is 1. The zero-order chi connectivity index (χ0) is 24.6. The number of nitrogens with zero attached hydrogens (tertiary/aromatic N) is 1. The Bertz CT molecular complexity index is 1010. The number of imide groups is 1. The first kappa shape index (κ1) is 24.6. The van der Waals surface area contributed by atoms with Crippen LogP contribution in [0.1, 0.15) is 61.7 Å². The third kappa shape index (κ3) is 4.30. The molecule has 1 saturated heterocycles. The topological polar surface area (TPSA) is 102 Å². The molecule has 0 spiro atoms. The summed E-state index contributed by atoms with van der Waals surface area (Å²) in [6.45, 7) is 11.7. The second-order valence-electron chi connectivity index (χ2n) is 9.24. The number of carbonyl (C=O) groups excluding carboxylic acids is 3. The standard InChI is InChI=1S/C25H33NO7/c1-12(2)19-11-33-25(30)26(19)23(28)15(5)14(4)13(3)8-9-17-21(27)20-18(10-32-24(20)29)16(6)22(17)31-7/h8,12,14-15,19,27H,9-11H2,1-7H3/b13-8+/t14-,15+,19+/m0/s1. The Hall–Kier alpha value is -3.03. The van der Waals surface area contributed by atoms with Crippen molar-refractivity contribution in [1.82, 2.24) is 4.90 Å². The lowest BCUT2D eigenvalue weighted by Gasteiger charge is -2.28. The summed E-state index contributed by atoms with van der Waals surface area (Å²) in [6.07, 6.45) is 1.64. The molecule has 180 valence electrons. The fourth-order valence-electron chi connectivity index (χ4n) is 4.48. The lowest BCUT2D eigenvalue weighted by Crippen LogP contribution is -2.45. The van der Waals surface area contributed by atoms with Gasteiger partial charge in [-0.1, -0.05) is 39.3 Å². The quantitative estimate of drug-likeness (QED) is 0.483. The summed E-state index contributed by atoms with van der Waals surface area (Å²) >= 11 is 0. The lowest BCUT2D eigenvalue weighted by atomic mass is 9.86. The minimum atomic E-state index is -0.588. The molecule has 2 amide bonds. The number of cyclic esters (lactones) is 2. The van der Waals surface area contributed by atoms with Gasteiger partial charge >= 0.3 is 12.1 Å². The first-order valence-corrected chi connectivity index (χ1v) is 11.3. The molecular formula is C25H33NO7. The summed E-state index contributed by atoms with van der Waals surface area (Å²) in [5, 5.41) is 10.8. The maximum Gasteiger partial charge on any atom is 0.416 e. The summed E-state index contributed by atoms with van der Waals surface area (Å²) in [4.78, 5) is 38.7. The zero-order valence-corrected chi connectivity index (χ0v) is 20.4. The van der Waals surface area contributed by atoms with Crippen LogP contribution >= 0.6 is 0 Å². The highest BCUT2D eigenvalue weighted by atomic mass is 16.6. The van der Waals surface area contributed by atoms with Crippen LogP contribution in [0.2, 0.25) is 0 Å². The second kappa shape index (κ2) is 9.45. The van der Waals surface area contributed by atoms with E-state index in [2.05, 4.69) is 0 Å². The Morgan fingerprint density at radius 1 is 1.21 bits per heavy atom. The fraction of sp³-hybridized carbons (Fsp3) is 0.560. The number of fused-ring (bicyclic) bond motifs is 1. The minimum absolute atomic E-state index is 0.102. The normalized spacial score (nSPS) is 19.9. The fourth-order valence-corrected chi connectivity index (χ4v) is 4.48. The molecule has 1 aromatic carbocycles. The maximum atomic E-state index is 13.1. The van der Waals surface area contributed by atoms with Crippen LogP contribution in [0.4, 0.5) is 4.79 Å². The van der Waals surface area contributed by atoms with Crippen LogP contribution in [-0.2, 0) is 27.3 Å². The molecule has 8 nitrogen and oxygen atoms in total. The van der Waals surface area contributed by atoms with Crippen molar-refractivity contribution in [3.63, 3.8) is 0 Å². The Morgan fingerprint density at radius 3 is 2.48 bits per heavy atom. The van der Waals surface area contributed by atoms with E-state index < -0.39 is 18.0 Å². The van der Waals surface area contributed by atoms with Gasteiger partial charge in [0, 0.05) is 17.0 Å². The molecule has 8 heteroatoms. The second-order valence-corrected chi connectivity index (χ2v) is 9.24. The molecule has 1 fully saturated rings. The molecule has 0 unspecified atom stereocenters. The number of allylic oxidation sites excluding steroid dienone is 2. The van der Waals surface area contributed by atoms with Gasteiger partial charge < -0.3 is 19.3 Å². The van der Waals surface area contributed by atoms with Crippen LogP contribution in [-0.4, -0.2) is 47.7 Å². The van der Waals surface area contributed by atoms with Crippen molar-refractivity contribution in [3.8, 4) is 11.5 Å². The Kier molecular flexibility index (Phi) is 7.05. The first-order chi connectivity index (χ1) is 15.5. The molecule has 33 heavy (non-hydrogen) atoms. The summed E-state index contributed by atoms with van der Waals surface area (Å²) < 4.78 is 15.8. The SMILES string of the molecule is COc1c(C)c2c(c(O)c1C/C=C(\C)[C@H](C)[C@@H](C)C(=O)N1C(=O)OC[C@@H]1C(C)C)C(=O)OC2. The van der Waals surface area contributed by atoms with Gasteiger partial charge in [0.2, 0.25) is 5.91 Å². The molecular weight excluding hydrogens is 426 g/mol. The number of ether oxygens (including phenoxy) is 3. The van der Waals surface area contributed by atoms with Gasteiger partial charge in [0.15, 0.2) is 0 Å². The minimum Gasteiger partial charge on any atom is -0.507 e. The van der Waals surface area contributed by atoms with E-state index in [4.69, 9.17) is 14.2 Å². The number of aromatic hydroxyl groups is 1. The van der Waals surface area contributed by atoms with Crippen LogP contribution in [0.3, 0.4) is 0 Å². The van der Waals surface area contributed by atoms with E-state index in [0.29, 0.717) is 23.3 Å². The van der Waals surface area contributed by atoms with Crippen molar-refractivity contribution < 1.29 is 33.7 Å². The van der Waals surface area contributed by atoms with Crippen LogP contribution < -0.4 is 4.74 Å². The van der Waals surface area contributed by atoms with Gasteiger partial charge in [-0.2, -0.15) is 0 Å². The zero-order valence-electron chi connectivity index (χ0n) is 20.4. The number of methoxy groups -OCH3 is 1. The highest BCUT2D eigenvalue weighted by Gasteiger charge is 2.42. The Labute approximate surface area is 194 Å². The third-order valence-electron chi connectivity index (χ3n) is 7.05. The lowest BCUT2D eigenvalue weighted by molar-refractivity contribution is -0.134. The molecule has 0 saturated carbocycles. The van der Waals surface area contributed by atoms with E-state index in [1.54, 1.807) is 6.92 Å². The molecule has 2 heterocycles. The number of benzene rings is 1. The van der Waals surface area contributed by atoms with Gasteiger partial charge in [-0.15, -0.1) is 0 Å². The van der Waals surface area contributed by atoms with Crippen molar-refractivity contribution in [2.24, 2.45) is 17.8 Å². The van der Waals surface area contributed by atoms with Crippen LogP contribution in [0, 0.1) is 24.7 Å². The van der Waals surface area contributed by atoms with Gasteiger partial charge in [-0.3, -0.25) is 4.79 Å². The van der Waals surface area contributed by atoms with Crippen LogP contribution in [0.25, 0.3) is 0 Å². The molecule has 0 radical (unpaired) electrons. The number of phenolic OH excluding ortho intramolecular Hbond substituents is 1. The van der Waals surface area contributed by atoms with Crippen molar-refractivity contribution in [1.29, 1.82) is 0 Å². The Morgan fingerprint density at radius 2 is 1.88 bits per heavy atom. The number of rotatable bonds is 7. The summed E-state index contributed by atoms with van der Waals surface area (Å²) in [5.41, 5.74) is 3.02. The van der Waals surface area contributed by atoms with Gasteiger partial charge in [-0.25, -0.2) is 14.5 Å².